The molecule has 8 bridgehead atoms. The Labute approximate surface area is 191 Å². The van der Waals surface area contributed by atoms with Crippen molar-refractivity contribution in [1.29, 1.82) is 0 Å². The van der Waals surface area contributed by atoms with Gasteiger partial charge in [0.2, 0.25) is 0 Å². The van der Waals surface area contributed by atoms with Crippen molar-refractivity contribution >= 4 is 50.5 Å². The van der Waals surface area contributed by atoms with Crippen LogP contribution in [-0.2, 0) is 30.7 Å². The van der Waals surface area contributed by atoms with Crippen molar-refractivity contribution in [2.24, 2.45) is 0 Å². The molecule has 0 radical (unpaired) electrons. The molecule has 0 amide bonds. The van der Waals surface area contributed by atoms with Crippen LogP contribution >= 0.6 is 0 Å². The first-order valence-corrected chi connectivity index (χ1v) is 11.1. The molecule has 11 heteroatoms. The number of H-pyrrole nitrogens is 2. The molecule has 3 aromatic heterocycles. The number of aromatic nitrogens is 4. The topological polar surface area (TPSA) is 57.4 Å². The van der Waals surface area contributed by atoms with Crippen LogP contribution in [0.5, 0.6) is 0 Å². The van der Waals surface area contributed by atoms with Gasteiger partial charge in [-0.15, -0.1) is 0 Å². The minimum absolute atomic E-state index is 0.164. The molecule has 2 aliphatic heterocycles. The van der Waals surface area contributed by atoms with E-state index in [9.17, 15) is 26.3 Å². The molecule has 0 spiro atoms. The zero-order valence-corrected chi connectivity index (χ0v) is 19.5. The van der Waals surface area contributed by atoms with Crippen LogP contribution in [0.2, 0.25) is 0 Å². The Hall–Kier alpha value is -3.20. The van der Waals surface area contributed by atoms with E-state index in [1.54, 1.807) is 0 Å². The van der Waals surface area contributed by atoms with Gasteiger partial charge >= 0.3 is 192 Å². The van der Waals surface area contributed by atoms with Gasteiger partial charge in [0.15, 0.2) is 0 Å². The van der Waals surface area contributed by atoms with E-state index < -0.39 is 23.5 Å². The number of nitrogens with zero attached hydrogens (tertiary/aromatic N) is 2. The summed E-state index contributed by atoms with van der Waals surface area (Å²) in [6.07, 6.45) is -4.10. The standard InChI is InChI=1S/C22H11F6N4.Zn/c23-21(24,25)19-15-5-1-11(29-15)9-12-2-6-17(30-12)20(22(26,27)28)18-8-4-14(32-18)10-13-3-7-16(19)31-13;/h1-3,5-10,29,32H;. The first kappa shape index (κ1) is 21.6. The van der Waals surface area contributed by atoms with E-state index >= 15 is 0 Å². The molecular formula is C22H11F6N4Zn. The van der Waals surface area contributed by atoms with Gasteiger partial charge in [-0.3, -0.25) is 0 Å². The predicted molar refractivity (Wildman–Crippen MR) is 108 cm³/mol. The Morgan fingerprint density at radius 1 is 0.636 bits per heavy atom. The van der Waals surface area contributed by atoms with Crippen molar-refractivity contribution < 1.29 is 44.6 Å². The predicted octanol–water partition coefficient (Wildman–Crippen LogP) is 5.87. The molecule has 0 saturated carbocycles. The molecule has 0 fully saturated rings. The third-order valence-electron chi connectivity index (χ3n) is 5.18. The molecule has 0 atom stereocenters. The molecule has 0 saturated heterocycles. The van der Waals surface area contributed by atoms with Crippen molar-refractivity contribution in [3.05, 3.63) is 64.2 Å². The van der Waals surface area contributed by atoms with Crippen LogP contribution < -0.4 is 4.16 Å². The summed E-state index contributed by atoms with van der Waals surface area (Å²) < 4.78 is 84.2. The normalized spacial score (nSPS) is 13.7. The second-order valence-corrected chi connectivity index (χ2v) is 9.09. The molecule has 5 rings (SSSR count). The molecule has 2 N–H and O–H groups in total. The van der Waals surface area contributed by atoms with Crippen LogP contribution in [0.3, 0.4) is 0 Å². The van der Waals surface area contributed by atoms with Crippen LogP contribution in [0.4, 0.5) is 26.3 Å². The Morgan fingerprint density at radius 3 is 1.82 bits per heavy atom. The third-order valence-corrected chi connectivity index (χ3v) is 6.41. The number of aromatic amines is 2. The van der Waals surface area contributed by atoms with Crippen molar-refractivity contribution in [3.8, 4) is 0 Å². The molecular weight excluding hydrogens is 500 g/mol. The zero-order valence-electron chi connectivity index (χ0n) is 16.6. The molecule has 4 nitrogen and oxygen atoms in total. The van der Waals surface area contributed by atoms with Crippen LogP contribution in [0.25, 0.3) is 46.4 Å². The Morgan fingerprint density at radius 2 is 1.21 bits per heavy atom. The van der Waals surface area contributed by atoms with Crippen LogP contribution in [0.15, 0.2) is 30.3 Å². The van der Waals surface area contributed by atoms with Gasteiger partial charge in [0.25, 0.3) is 0 Å². The summed E-state index contributed by atoms with van der Waals surface area (Å²) in [5.41, 5.74) is -1.79. The second-order valence-electron chi connectivity index (χ2n) is 7.49. The second kappa shape index (κ2) is 7.41. The fourth-order valence-electron chi connectivity index (χ4n) is 3.79. The SMILES string of the molecule is FC(F)(F)c1c2nc(cc3[nH]c(c[c]3[Zn])c(C(F)(F)F)c3nc(cc4ccc1[nH]4)C=C3)C=C2. The summed E-state index contributed by atoms with van der Waals surface area (Å²) in [5.74, 6) is 0. The Balaban J connectivity index is 1.96. The third kappa shape index (κ3) is 4.01. The van der Waals surface area contributed by atoms with E-state index in [4.69, 9.17) is 0 Å². The first-order chi connectivity index (χ1) is 15.5. The number of hydrogen-bond acceptors (Lipinski definition) is 2. The summed E-state index contributed by atoms with van der Waals surface area (Å²) >= 11 is 0.527. The molecule has 0 aromatic carbocycles. The fourth-order valence-corrected chi connectivity index (χ4v) is 4.62. The zero-order chi connectivity index (χ0) is 23.5. The van der Waals surface area contributed by atoms with Crippen LogP contribution in [0, 0.1) is 0 Å². The summed E-state index contributed by atoms with van der Waals surface area (Å²) in [6, 6.07) is 6.88. The van der Waals surface area contributed by atoms with E-state index in [0.29, 0.717) is 28.0 Å². The molecule has 3 aromatic rings. The van der Waals surface area contributed by atoms with E-state index in [2.05, 4.69) is 19.9 Å². The maximum absolute atomic E-state index is 14.0. The van der Waals surface area contributed by atoms with Crippen molar-refractivity contribution in [1.82, 2.24) is 19.9 Å². The average molecular weight is 511 g/mol. The molecule has 5 heterocycles. The van der Waals surface area contributed by atoms with Crippen molar-refractivity contribution in [2.75, 3.05) is 0 Å². The average Bonchev–Trinajstić information content (AvgIpc) is 3.45. The van der Waals surface area contributed by atoms with E-state index in [1.165, 1.54) is 54.6 Å². The fraction of sp³-hybridized carbons (Fsp3) is 0.0909. The minimum atomic E-state index is -4.68. The van der Waals surface area contributed by atoms with Crippen LogP contribution in [0.1, 0.15) is 33.9 Å². The van der Waals surface area contributed by atoms with E-state index in [1.807, 2.05) is 0 Å². The summed E-state index contributed by atoms with van der Waals surface area (Å²) in [5, 5.41) is 0. The first-order valence-electron chi connectivity index (χ1n) is 9.60. The summed E-state index contributed by atoms with van der Waals surface area (Å²) in [7, 11) is 0. The Bertz CT molecular complexity index is 1510. The monoisotopic (exact) mass is 509 g/mol. The quantitative estimate of drug-likeness (QED) is 0.202. The number of hydrogen-bond donors (Lipinski definition) is 2. The number of alkyl halides is 6. The van der Waals surface area contributed by atoms with Gasteiger partial charge in [0.05, 0.1) is 0 Å². The molecule has 163 valence electrons. The number of nitrogens with one attached hydrogen (secondary N) is 2. The number of rotatable bonds is 0. The molecule has 0 aliphatic carbocycles. The van der Waals surface area contributed by atoms with Gasteiger partial charge in [-0.1, -0.05) is 0 Å². The van der Waals surface area contributed by atoms with Gasteiger partial charge < -0.3 is 0 Å². The van der Waals surface area contributed by atoms with Crippen molar-refractivity contribution in [3.63, 3.8) is 0 Å². The van der Waals surface area contributed by atoms with Gasteiger partial charge in [0, 0.05) is 0 Å². The molecule has 2 aliphatic rings. The van der Waals surface area contributed by atoms with Gasteiger partial charge in [-0.05, 0) is 0 Å². The molecule has 0 unspecified atom stereocenters. The van der Waals surface area contributed by atoms with Gasteiger partial charge in [-0.2, -0.15) is 0 Å². The van der Waals surface area contributed by atoms with Crippen LogP contribution in [-0.4, -0.2) is 19.9 Å². The maximum atomic E-state index is 14.0. The number of fused-ring (bicyclic) bond motifs is 8. The van der Waals surface area contributed by atoms with E-state index in [0.717, 1.165) is 0 Å². The van der Waals surface area contributed by atoms with Crippen molar-refractivity contribution in [2.45, 2.75) is 12.4 Å². The van der Waals surface area contributed by atoms with Gasteiger partial charge in [0.1, 0.15) is 0 Å². The summed E-state index contributed by atoms with van der Waals surface area (Å²) in [4.78, 5) is 13.6. The van der Waals surface area contributed by atoms with Gasteiger partial charge in [-0.25, -0.2) is 0 Å². The summed E-state index contributed by atoms with van der Waals surface area (Å²) in [6.45, 7) is 0. The Kier molecular flexibility index (Phi) is 4.86. The van der Waals surface area contributed by atoms with E-state index in [-0.39, 0.29) is 39.3 Å². The number of halogens is 6. The molecule has 33 heavy (non-hydrogen) atoms.